The molecule has 1 heterocycles. The number of amides is 2. The normalized spacial score (nSPS) is 10.0. The first-order chi connectivity index (χ1) is 10.6. The number of carbonyl (C=O) groups excluding carboxylic acids is 2. The first-order valence-electron chi connectivity index (χ1n) is 6.88. The summed E-state index contributed by atoms with van der Waals surface area (Å²) in [5.41, 5.74) is 1.70. The van der Waals surface area contributed by atoms with Gasteiger partial charge in [-0.2, -0.15) is 5.10 Å². The van der Waals surface area contributed by atoms with Gasteiger partial charge in [0.25, 0.3) is 0 Å². The van der Waals surface area contributed by atoms with Gasteiger partial charge in [-0.25, -0.2) is 0 Å². The number of hydrogen-bond acceptors (Lipinski definition) is 4. The van der Waals surface area contributed by atoms with Crippen molar-refractivity contribution in [1.82, 2.24) is 15.5 Å². The van der Waals surface area contributed by atoms with Crippen molar-refractivity contribution in [3.63, 3.8) is 0 Å². The molecule has 2 amide bonds. The standard InChI is InChI=1S/C15H18N4O3/c1-11-2-4-13(5-3-11)22-7-6-14(20)16-10-15(21)19-12-8-17-18-9-12/h2-5,8-9H,6-7,10H2,1H3,(H,16,20)(H,17,18)(H,19,21). The van der Waals surface area contributed by atoms with E-state index < -0.39 is 0 Å². The van der Waals surface area contributed by atoms with Gasteiger partial charge < -0.3 is 15.4 Å². The number of ether oxygens (including phenoxy) is 1. The average Bonchev–Trinajstić information content (AvgIpc) is 3.00. The summed E-state index contributed by atoms with van der Waals surface area (Å²) in [6.07, 6.45) is 3.22. The summed E-state index contributed by atoms with van der Waals surface area (Å²) in [4.78, 5) is 23.1. The summed E-state index contributed by atoms with van der Waals surface area (Å²) >= 11 is 0. The second-order valence-electron chi connectivity index (χ2n) is 4.72. The molecule has 3 N–H and O–H groups in total. The lowest BCUT2D eigenvalue weighted by atomic mass is 10.2. The molecule has 1 aromatic carbocycles. The van der Waals surface area contributed by atoms with Crippen LogP contribution in [0.15, 0.2) is 36.7 Å². The van der Waals surface area contributed by atoms with Crippen LogP contribution in [0.3, 0.4) is 0 Å². The molecule has 0 aliphatic carbocycles. The molecular formula is C15H18N4O3. The number of nitrogens with one attached hydrogen (secondary N) is 3. The quantitative estimate of drug-likeness (QED) is 0.717. The maximum atomic E-state index is 11.6. The number of benzene rings is 1. The third kappa shape index (κ3) is 5.28. The van der Waals surface area contributed by atoms with Crippen molar-refractivity contribution in [2.24, 2.45) is 0 Å². The van der Waals surface area contributed by atoms with E-state index >= 15 is 0 Å². The van der Waals surface area contributed by atoms with Gasteiger partial charge in [0.15, 0.2) is 0 Å². The van der Waals surface area contributed by atoms with Gasteiger partial charge in [0, 0.05) is 6.20 Å². The van der Waals surface area contributed by atoms with Crippen LogP contribution < -0.4 is 15.4 Å². The van der Waals surface area contributed by atoms with Crippen molar-refractivity contribution in [2.45, 2.75) is 13.3 Å². The number of H-pyrrole nitrogens is 1. The summed E-state index contributed by atoms with van der Waals surface area (Å²) in [5.74, 6) is 0.166. The summed E-state index contributed by atoms with van der Waals surface area (Å²) in [5, 5.41) is 11.4. The van der Waals surface area contributed by atoms with Crippen LogP contribution in [0.4, 0.5) is 5.69 Å². The Balaban J connectivity index is 1.61. The number of anilines is 1. The third-order valence-electron chi connectivity index (χ3n) is 2.85. The van der Waals surface area contributed by atoms with Gasteiger partial charge in [-0.05, 0) is 19.1 Å². The molecule has 1 aromatic heterocycles. The molecule has 2 aromatic rings. The zero-order chi connectivity index (χ0) is 15.8. The molecule has 0 aliphatic heterocycles. The fraction of sp³-hybridized carbons (Fsp3) is 0.267. The smallest absolute Gasteiger partial charge is 0.243 e. The molecule has 7 nitrogen and oxygen atoms in total. The van der Waals surface area contributed by atoms with E-state index in [-0.39, 0.29) is 31.4 Å². The van der Waals surface area contributed by atoms with Gasteiger partial charge in [-0.15, -0.1) is 0 Å². The first-order valence-corrected chi connectivity index (χ1v) is 6.88. The Kier molecular flexibility index (Phi) is 5.53. The molecule has 0 radical (unpaired) electrons. The number of carbonyl (C=O) groups is 2. The third-order valence-corrected chi connectivity index (χ3v) is 2.85. The maximum absolute atomic E-state index is 11.6. The van der Waals surface area contributed by atoms with Gasteiger partial charge >= 0.3 is 0 Å². The molecule has 0 saturated heterocycles. The van der Waals surface area contributed by atoms with E-state index in [4.69, 9.17) is 4.74 Å². The molecule has 0 bridgehead atoms. The Morgan fingerprint density at radius 1 is 1.23 bits per heavy atom. The second-order valence-corrected chi connectivity index (χ2v) is 4.72. The molecule has 7 heteroatoms. The summed E-state index contributed by atoms with van der Waals surface area (Å²) in [6, 6.07) is 7.59. The monoisotopic (exact) mass is 302 g/mol. The first kappa shape index (κ1) is 15.6. The number of aromatic nitrogens is 2. The summed E-state index contributed by atoms with van der Waals surface area (Å²) in [6.45, 7) is 2.17. The van der Waals surface area contributed by atoms with Crippen LogP contribution >= 0.6 is 0 Å². The van der Waals surface area contributed by atoms with Gasteiger partial charge in [0.2, 0.25) is 11.8 Å². The highest BCUT2D eigenvalue weighted by Gasteiger charge is 2.06. The van der Waals surface area contributed by atoms with Gasteiger partial charge in [-0.1, -0.05) is 17.7 Å². The minimum absolute atomic E-state index is 0.0887. The van der Waals surface area contributed by atoms with Crippen LogP contribution in [0.2, 0.25) is 0 Å². The fourth-order valence-corrected chi connectivity index (χ4v) is 1.69. The van der Waals surface area contributed by atoms with Crippen LogP contribution in [0.1, 0.15) is 12.0 Å². The number of hydrogen-bond donors (Lipinski definition) is 3. The van der Waals surface area contributed by atoms with Gasteiger partial charge in [0.1, 0.15) is 5.75 Å². The van der Waals surface area contributed by atoms with E-state index in [1.807, 2.05) is 31.2 Å². The van der Waals surface area contributed by atoms with Crippen molar-refractivity contribution in [3.8, 4) is 5.75 Å². The van der Waals surface area contributed by atoms with E-state index in [1.54, 1.807) is 6.20 Å². The molecule has 0 saturated carbocycles. The minimum atomic E-state index is -0.311. The summed E-state index contributed by atoms with van der Waals surface area (Å²) in [7, 11) is 0. The van der Waals surface area contributed by atoms with E-state index in [1.165, 1.54) is 6.20 Å². The average molecular weight is 302 g/mol. The maximum Gasteiger partial charge on any atom is 0.243 e. The van der Waals surface area contributed by atoms with Gasteiger partial charge in [0.05, 0.1) is 31.5 Å². The SMILES string of the molecule is Cc1ccc(OCCC(=O)NCC(=O)Nc2cn[nH]c2)cc1. The fourth-order valence-electron chi connectivity index (χ4n) is 1.69. The molecule has 116 valence electrons. The zero-order valence-corrected chi connectivity index (χ0v) is 12.3. The van der Waals surface area contributed by atoms with Crippen molar-refractivity contribution >= 4 is 17.5 Å². The van der Waals surface area contributed by atoms with Crippen LogP contribution in [0.25, 0.3) is 0 Å². The largest absolute Gasteiger partial charge is 0.493 e. The Bertz CT molecular complexity index is 608. The van der Waals surface area contributed by atoms with E-state index in [9.17, 15) is 9.59 Å². The highest BCUT2D eigenvalue weighted by atomic mass is 16.5. The molecule has 0 unspecified atom stereocenters. The van der Waals surface area contributed by atoms with Gasteiger partial charge in [-0.3, -0.25) is 14.7 Å². The van der Waals surface area contributed by atoms with Crippen LogP contribution in [0, 0.1) is 6.92 Å². The molecular weight excluding hydrogens is 284 g/mol. The lowest BCUT2D eigenvalue weighted by Crippen LogP contribution is -2.33. The number of aryl methyl sites for hydroxylation is 1. The molecule has 0 fully saturated rings. The Labute approximate surface area is 128 Å². The highest BCUT2D eigenvalue weighted by molar-refractivity contribution is 5.94. The van der Waals surface area contributed by atoms with Crippen molar-refractivity contribution in [2.75, 3.05) is 18.5 Å². The predicted octanol–water partition coefficient (Wildman–Crippen LogP) is 1.24. The molecule has 2 rings (SSSR count). The minimum Gasteiger partial charge on any atom is -0.493 e. The van der Waals surface area contributed by atoms with Crippen LogP contribution in [-0.4, -0.2) is 35.2 Å². The van der Waals surface area contributed by atoms with Crippen molar-refractivity contribution in [3.05, 3.63) is 42.2 Å². The Morgan fingerprint density at radius 2 is 2.00 bits per heavy atom. The number of aromatic amines is 1. The highest BCUT2D eigenvalue weighted by Crippen LogP contribution is 2.11. The number of nitrogens with zero attached hydrogens (tertiary/aromatic N) is 1. The predicted molar refractivity (Wildman–Crippen MR) is 81.5 cm³/mol. The van der Waals surface area contributed by atoms with E-state index in [0.717, 1.165) is 11.3 Å². The lowest BCUT2D eigenvalue weighted by Gasteiger charge is -2.07. The number of rotatable bonds is 7. The van der Waals surface area contributed by atoms with Crippen LogP contribution in [0.5, 0.6) is 5.75 Å². The van der Waals surface area contributed by atoms with Crippen molar-refractivity contribution in [1.29, 1.82) is 0 Å². The molecule has 0 atom stereocenters. The Hall–Kier alpha value is -2.83. The van der Waals surface area contributed by atoms with Crippen molar-refractivity contribution < 1.29 is 14.3 Å². The Morgan fingerprint density at radius 3 is 2.68 bits per heavy atom. The molecule has 22 heavy (non-hydrogen) atoms. The molecule has 0 aliphatic rings. The summed E-state index contributed by atoms with van der Waals surface area (Å²) < 4.78 is 5.45. The van der Waals surface area contributed by atoms with Crippen LogP contribution in [-0.2, 0) is 9.59 Å². The second kappa shape index (κ2) is 7.82. The zero-order valence-electron chi connectivity index (χ0n) is 12.3. The van der Waals surface area contributed by atoms with E-state index in [2.05, 4.69) is 20.8 Å². The van der Waals surface area contributed by atoms with E-state index in [0.29, 0.717) is 5.69 Å². The molecule has 0 spiro atoms. The topological polar surface area (TPSA) is 96.1 Å². The lowest BCUT2D eigenvalue weighted by molar-refractivity contribution is -0.124.